The highest BCUT2D eigenvalue weighted by Crippen LogP contribution is 2.33. The summed E-state index contributed by atoms with van der Waals surface area (Å²) < 4.78 is 41.3. The molecule has 0 spiro atoms. The average Bonchev–Trinajstić information content (AvgIpc) is 2.67. The number of alkyl halides is 3. The predicted molar refractivity (Wildman–Crippen MR) is 102 cm³/mol. The summed E-state index contributed by atoms with van der Waals surface area (Å²) in [4.78, 5) is 29.0. The van der Waals surface area contributed by atoms with Crippen LogP contribution in [-0.4, -0.2) is 58.7 Å². The van der Waals surface area contributed by atoms with E-state index in [2.05, 4.69) is 5.10 Å². The van der Waals surface area contributed by atoms with Crippen LogP contribution in [0.15, 0.2) is 35.1 Å². The molecule has 2 heterocycles. The van der Waals surface area contributed by atoms with Crippen molar-refractivity contribution in [3.05, 3.63) is 57.5 Å². The van der Waals surface area contributed by atoms with Gasteiger partial charge in [-0.1, -0.05) is 12.1 Å². The first-order valence-corrected chi connectivity index (χ1v) is 9.33. The van der Waals surface area contributed by atoms with Crippen molar-refractivity contribution in [2.75, 3.05) is 27.2 Å². The molecule has 1 unspecified atom stereocenters. The number of hydrogen-bond donors (Lipinski definition) is 0. The SMILES string of the molecule is Cc1cc(=O)c(C(=O)N2CCCC(N(C)C)C2)nn1-c1ccccc1C(F)(F)F. The molecule has 0 aliphatic carbocycles. The zero-order chi connectivity index (χ0) is 21.3. The van der Waals surface area contributed by atoms with E-state index in [1.807, 2.05) is 19.0 Å². The summed E-state index contributed by atoms with van der Waals surface area (Å²) in [5.41, 5.74) is -1.86. The first-order chi connectivity index (χ1) is 13.6. The van der Waals surface area contributed by atoms with Gasteiger partial charge in [0.1, 0.15) is 0 Å². The van der Waals surface area contributed by atoms with Crippen molar-refractivity contribution in [1.82, 2.24) is 19.6 Å². The second-order valence-corrected chi connectivity index (χ2v) is 7.44. The van der Waals surface area contributed by atoms with Gasteiger partial charge in [0.25, 0.3) is 5.91 Å². The Morgan fingerprint density at radius 1 is 1.24 bits per heavy atom. The molecule has 29 heavy (non-hydrogen) atoms. The maximum absolute atomic E-state index is 13.4. The zero-order valence-electron chi connectivity index (χ0n) is 16.5. The van der Waals surface area contributed by atoms with Crippen LogP contribution in [0, 0.1) is 6.92 Å². The number of amides is 1. The molecule has 1 aromatic carbocycles. The fourth-order valence-corrected chi connectivity index (χ4v) is 3.55. The van der Waals surface area contributed by atoms with Crippen molar-refractivity contribution in [3.63, 3.8) is 0 Å². The molecule has 6 nitrogen and oxygen atoms in total. The minimum absolute atomic E-state index is 0.159. The standard InChI is InChI=1S/C20H23F3N4O2/c1-13-11-17(28)18(19(29)26-10-6-7-14(12-26)25(2)3)24-27(13)16-9-5-4-8-15(16)20(21,22)23/h4-5,8-9,11,14H,6-7,10,12H2,1-3H3. The highest BCUT2D eigenvalue weighted by molar-refractivity contribution is 5.92. The molecular formula is C20H23F3N4O2. The minimum Gasteiger partial charge on any atom is -0.336 e. The van der Waals surface area contributed by atoms with Crippen LogP contribution in [0.3, 0.4) is 0 Å². The Morgan fingerprint density at radius 2 is 1.93 bits per heavy atom. The molecule has 0 saturated carbocycles. The summed E-state index contributed by atoms with van der Waals surface area (Å²) in [6.07, 6.45) is -2.88. The third-order valence-corrected chi connectivity index (χ3v) is 5.16. The molecule has 1 aromatic heterocycles. The lowest BCUT2D eigenvalue weighted by Crippen LogP contribution is -2.48. The molecule has 1 aliphatic heterocycles. The van der Waals surface area contributed by atoms with Gasteiger partial charge < -0.3 is 9.80 Å². The third kappa shape index (κ3) is 4.34. The smallest absolute Gasteiger partial charge is 0.336 e. The lowest BCUT2D eigenvalue weighted by atomic mass is 10.0. The molecule has 1 saturated heterocycles. The number of aryl methyl sites for hydroxylation is 1. The van der Waals surface area contributed by atoms with Crippen molar-refractivity contribution in [3.8, 4) is 5.69 Å². The summed E-state index contributed by atoms with van der Waals surface area (Å²) in [6, 6.07) is 6.27. The van der Waals surface area contributed by atoms with E-state index < -0.39 is 23.1 Å². The Hall–Kier alpha value is -2.68. The summed E-state index contributed by atoms with van der Waals surface area (Å²) in [7, 11) is 3.84. The Balaban J connectivity index is 2.04. The number of rotatable bonds is 3. The molecule has 3 rings (SSSR count). The Labute approximate surface area is 166 Å². The van der Waals surface area contributed by atoms with Crippen molar-refractivity contribution >= 4 is 5.91 Å². The Kier molecular flexibility index (Phi) is 5.79. The fraction of sp³-hybridized carbons (Fsp3) is 0.450. The van der Waals surface area contributed by atoms with E-state index in [9.17, 15) is 22.8 Å². The molecule has 156 valence electrons. The van der Waals surface area contributed by atoms with Crippen LogP contribution in [0.4, 0.5) is 13.2 Å². The van der Waals surface area contributed by atoms with Gasteiger partial charge in [0, 0.05) is 30.9 Å². The number of nitrogens with zero attached hydrogens (tertiary/aromatic N) is 4. The van der Waals surface area contributed by atoms with E-state index in [0.717, 1.165) is 29.7 Å². The first-order valence-electron chi connectivity index (χ1n) is 9.33. The maximum atomic E-state index is 13.4. The van der Waals surface area contributed by atoms with Crippen molar-refractivity contribution in [2.45, 2.75) is 32.0 Å². The molecule has 0 N–H and O–H groups in total. The van der Waals surface area contributed by atoms with E-state index in [-0.39, 0.29) is 23.1 Å². The molecule has 1 atom stereocenters. The quantitative estimate of drug-likeness (QED) is 0.784. The zero-order valence-corrected chi connectivity index (χ0v) is 16.5. The van der Waals surface area contributed by atoms with Crippen molar-refractivity contribution in [2.24, 2.45) is 0 Å². The number of benzene rings is 1. The molecular weight excluding hydrogens is 385 g/mol. The Bertz CT molecular complexity index is 969. The van der Waals surface area contributed by atoms with E-state index in [1.165, 1.54) is 25.1 Å². The number of halogens is 3. The summed E-state index contributed by atoms with van der Waals surface area (Å²) in [5.74, 6) is -0.556. The monoisotopic (exact) mass is 408 g/mol. The molecule has 0 radical (unpaired) electrons. The second kappa shape index (κ2) is 7.98. The minimum atomic E-state index is -4.59. The predicted octanol–water partition coefficient (Wildman–Crippen LogP) is 2.73. The van der Waals surface area contributed by atoms with Gasteiger partial charge in [0.05, 0.1) is 11.3 Å². The number of likely N-dealkylation sites (tertiary alicyclic amines) is 1. The molecule has 0 bridgehead atoms. The number of carbonyl (C=O) groups is 1. The third-order valence-electron chi connectivity index (χ3n) is 5.16. The lowest BCUT2D eigenvalue weighted by Gasteiger charge is -2.35. The highest BCUT2D eigenvalue weighted by Gasteiger charge is 2.34. The van der Waals surface area contributed by atoms with Gasteiger partial charge >= 0.3 is 6.18 Å². The summed E-state index contributed by atoms with van der Waals surface area (Å²) in [6.45, 7) is 2.41. The number of para-hydroxylation sites is 1. The van der Waals surface area contributed by atoms with Gasteiger partial charge in [0.15, 0.2) is 5.69 Å². The number of hydrogen-bond acceptors (Lipinski definition) is 4. The highest BCUT2D eigenvalue weighted by atomic mass is 19.4. The van der Waals surface area contributed by atoms with Gasteiger partial charge in [-0.15, -0.1) is 0 Å². The fourth-order valence-electron chi connectivity index (χ4n) is 3.55. The van der Waals surface area contributed by atoms with E-state index >= 15 is 0 Å². The molecule has 9 heteroatoms. The maximum Gasteiger partial charge on any atom is 0.418 e. The van der Waals surface area contributed by atoms with Crippen LogP contribution in [0.2, 0.25) is 0 Å². The average molecular weight is 408 g/mol. The molecule has 1 amide bonds. The number of carbonyl (C=O) groups excluding carboxylic acids is 1. The summed E-state index contributed by atoms with van der Waals surface area (Å²) >= 11 is 0. The van der Waals surface area contributed by atoms with E-state index in [4.69, 9.17) is 0 Å². The van der Waals surface area contributed by atoms with Gasteiger partial charge in [-0.25, -0.2) is 4.68 Å². The summed E-state index contributed by atoms with van der Waals surface area (Å²) in [5, 5.41) is 4.06. The lowest BCUT2D eigenvalue weighted by molar-refractivity contribution is -0.137. The van der Waals surface area contributed by atoms with Gasteiger partial charge in [-0.3, -0.25) is 9.59 Å². The van der Waals surface area contributed by atoms with Crippen molar-refractivity contribution < 1.29 is 18.0 Å². The second-order valence-electron chi connectivity index (χ2n) is 7.44. The number of piperidine rings is 1. The molecule has 1 fully saturated rings. The number of aromatic nitrogens is 2. The molecule has 2 aromatic rings. The number of likely N-dealkylation sites (N-methyl/N-ethyl adjacent to an activating group) is 1. The van der Waals surface area contributed by atoms with Crippen molar-refractivity contribution in [1.29, 1.82) is 0 Å². The van der Waals surface area contributed by atoms with Crippen LogP contribution in [0.25, 0.3) is 5.69 Å². The van der Waals surface area contributed by atoms with Gasteiger partial charge in [0.2, 0.25) is 5.43 Å². The van der Waals surface area contributed by atoms with Crippen LogP contribution in [-0.2, 0) is 6.18 Å². The topological polar surface area (TPSA) is 58.4 Å². The van der Waals surface area contributed by atoms with E-state index in [0.29, 0.717) is 13.1 Å². The van der Waals surface area contributed by atoms with E-state index in [1.54, 1.807) is 4.90 Å². The normalized spacial score (nSPS) is 17.6. The van der Waals surface area contributed by atoms with Crippen LogP contribution >= 0.6 is 0 Å². The molecule has 1 aliphatic rings. The largest absolute Gasteiger partial charge is 0.418 e. The first kappa shape index (κ1) is 21.0. The van der Waals surface area contributed by atoms with Crippen LogP contribution < -0.4 is 5.43 Å². The van der Waals surface area contributed by atoms with Crippen LogP contribution in [0.5, 0.6) is 0 Å². The van der Waals surface area contributed by atoms with Gasteiger partial charge in [-0.2, -0.15) is 18.3 Å². The van der Waals surface area contributed by atoms with Crippen LogP contribution in [0.1, 0.15) is 34.6 Å². The Morgan fingerprint density at radius 3 is 2.59 bits per heavy atom. The van der Waals surface area contributed by atoms with Gasteiger partial charge in [-0.05, 0) is 46.0 Å².